The molecule has 0 aromatic heterocycles. The summed E-state index contributed by atoms with van der Waals surface area (Å²) < 4.78 is 7.62. The monoisotopic (exact) mass is 247 g/mol. The van der Waals surface area contributed by atoms with Gasteiger partial charge in [-0.2, -0.15) is 0 Å². The van der Waals surface area contributed by atoms with Gasteiger partial charge in [0.05, 0.1) is 0 Å². The molecule has 0 bridgehead atoms. The van der Waals surface area contributed by atoms with Crippen molar-refractivity contribution in [3.8, 4) is 0 Å². The SMILES string of the molecule is CCCCCCC1OC(=O)C(C(=O)O)NS1. The van der Waals surface area contributed by atoms with E-state index in [-0.39, 0.29) is 5.44 Å². The van der Waals surface area contributed by atoms with Gasteiger partial charge in [-0.15, -0.1) is 0 Å². The van der Waals surface area contributed by atoms with Crippen LogP contribution in [0.4, 0.5) is 0 Å². The van der Waals surface area contributed by atoms with Crippen LogP contribution in [-0.2, 0) is 14.3 Å². The maximum absolute atomic E-state index is 11.3. The van der Waals surface area contributed by atoms with Crippen LogP contribution in [0.3, 0.4) is 0 Å². The minimum Gasteiger partial charge on any atom is -0.480 e. The fourth-order valence-corrected chi connectivity index (χ4v) is 2.33. The lowest BCUT2D eigenvalue weighted by Crippen LogP contribution is -2.47. The number of carbonyl (C=O) groups excluding carboxylic acids is 1. The number of carbonyl (C=O) groups is 2. The Morgan fingerprint density at radius 2 is 2.25 bits per heavy atom. The number of carboxylic acid groups (broad SMARTS) is 1. The Labute approximate surface area is 99.1 Å². The van der Waals surface area contributed by atoms with E-state index in [1.165, 1.54) is 18.4 Å². The molecule has 2 atom stereocenters. The van der Waals surface area contributed by atoms with E-state index in [2.05, 4.69) is 11.6 Å². The van der Waals surface area contributed by atoms with E-state index in [9.17, 15) is 9.59 Å². The fraction of sp³-hybridized carbons (Fsp3) is 0.800. The molecule has 92 valence electrons. The summed E-state index contributed by atoms with van der Waals surface area (Å²) in [5.41, 5.74) is -0.250. The molecule has 1 heterocycles. The summed E-state index contributed by atoms with van der Waals surface area (Å²) in [6.07, 6.45) is 5.23. The molecule has 0 saturated carbocycles. The molecule has 0 radical (unpaired) electrons. The molecular formula is C10H17NO4S. The van der Waals surface area contributed by atoms with Gasteiger partial charge in [0, 0.05) is 0 Å². The van der Waals surface area contributed by atoms with Crippen LogP contribution < -0.4 is 4.72 Å². The summed E-state index contributed by atoms with van der Waals surface area (Å²) in [6.45, 7) is 2.13. The Kier molecular flexibility index (Phi) is 5.62. The highest BCUT2D eigenvalue weighted by Crippen LogP contribution is 2.22. The summed E-state index contributed by atoms with van der Waals surface area (Å²) in [7, 11) is 0. The highest BCUT2D eigenvalue weighted by Gasteiger charge is 2.35. The molecule has 0 aliphatic carbocycles. The molecule has 2 unspecified atom stereocenters. The Bertz CT molecular complexity index is 259. The Balaban J connectivity index is 2.23. The van der Waals surface area contributed by atoms with E-state index in [0.29, 0.717) is 0 Å². The second kappa shape index (κ2) is 6.75. The van der Waals surface area contributed by atoms with Crippen molar-refractivity contribution in [1.29, 1.82) is 0 Å². The van der Waals surface area contributed by atoms with Crippen LogP contribution in [0.1, 0.15) is 39.0 Å². The average Bonchev–Trinajstić information content (AvgIpc) is 2.24. The van der Waals surface area contributed by atoms with Crippen LogP contribution in [-0.4, -0.2) is 28.5 Å². The number of unbranched alkanes of at least 4 members (excludes halogenated alkanes) is 3. The van der Waals surface area contributed by atoms with Gasteiger partial charge in [0.25, 0.3) is 0 Å². The minimum absolute atomic E-state index is 0.250. The van der Waals surface area contributed by atoms with Crippen LogP contribution in [0.2, 0.25) is 0 Å². The van der Waals surface area contributed by atoms with Gasteiger partial charge in [0.15, 0.2) is 5.44 Å². The van der Waals surface area contributed by atoms with Crippen molar-refractivity contribution >= 4 is 23.9 Å². The van der Waals surface area contributed by atoms with Crippen LogP contribution in [0.15, 0.2) is 0 Å². The maximum Gasteiger partial charge on any atom is 0.336 e. The number of ether oxygens (including phenoxy) is 1. The van der Waals surface area contributed by atoms with Gasteiger partial charge >= 0.3 is 11.9 Å². The number of hydrogen-bond donors (Lipinski definition) is 2. The molecule has 5 nitrogen and oxygen atoms in total. The Morgan fingerprint density at radius 3 is 2.81 bits per heavy atom. The van der Waals surface area contributed by atoms with Crippen LogP contribution >= 0.6 is 11.9 Å². The van der Waals surface area contributed by atoms with Gasteiger partial charge < -0.3 is 9.84 Å². The van der Waals surface area contributed by atoms with Crippen molar-refractivity contribution in [2.45, 2.75) is 50.5 Å². The molecule has 6 heteroatoms. The predicted molar refractivity (Wildman–Crippen MR) is 60.8 cm³/mol. The van der Waals surface area contributed by atoms with E-state index in [1.54, 1.807) is 0 Å². The topological polar surface area (TPSA) is 75.6 Å². The number of hydrogen-bond acceptors (Lipinski definition) is 5. The standard InChI is InChI=1S/C10H17NO4S/c1-2-3-4-5-6-7-15-10(14)8(9(12)13)11-16-7/h7-8,11H,2-6H2,1H3,(H,12,13). The largest absolute Gasteiger partial charge is 0.480 e. The van der Waals surface area contributed by atoms with Crippen LogP contribution in [0, 0.1) is 0 Å². The highest BCUT2D eigenvalue weighted by molar-refractivity contribution is 7.98. The smallest absolute Gasteiger partial charge is 0.336 e. The fourth-order valence-electron chi connectivity index (χ4n) is 1.42. The molecule has 1 aliphatic rings. The molecule has 2 N–H and O–H groups in total. The van der Waals surface area contributed by atoms with Gasteiger partial charge in [0.2, 0.25) is 6.04 Å². The highest BCUT2D eigenvalue weighted by atomic mass is 32.2. The third kappa shape index (κ3) is 4.02. The first-order valence-corrected chi connectivity index (χ1v) is 6.37. The van der Waals surface area contributed by atoms with Crippen LogP contribution in [0.25, 0.3) is 0 Å². The summed E-state index contributed by atoms with van der Waals surface area (Å²) >= 11 is 1.19. The number of aliphatic carboxylic acids is 1. The molecule has 0 aromatic rings. The van der Waals surface area contributed by atoms with Crippen molar-refractivity contribution in [3.63, 3.8) is 0 Å². The normalized spacial score (nSPS) is 25.2. The van der Waals surface area contributed by atoms with Crippen molar-refractivity contribution < 1.29 is 19.4 Å². The summed E-state index contributed by atoms with van der Waals surface area (Å²) in [5.74, 6) is -1.88. The second-order valence-electron chi connectivity index (χ2n) is 3.72. The molecule has 0 amide bonds. The van der Waals surface area contributed by atoms with Crippen molar-refractivity contribution in [1.82, 2.24) is 4.72 Å². The van der Waals surface area contributed by atoms with Crippen molar-refractivity contribution in [2.75, 3.05) is 0 Å². The van der Waals surface area contributed by atoms with Gasteiger partial charge in [-0.3, -0.25) is 0 Å². The zero-order valence-electron chi connectivity index (χ0n) is 9.27. The average molecular weight is 247 g/mol. The molecular weight excluding hydrogens is 230 g/mol. The van der Waals surface area contributed by atoms with E-state index in [0.717, 1.165) is 25.7 Å². The molecule has 1 fully saturated rings. The number of nitrogens with one attached hydrogen (secondary N) is 1. The summed E-state index contributed by atoms with van der Waals surface area (Å²) in [5, 5.41) is 8.66. The summed E-state index contributed by atoms with van der Waals surface area (Å²) in [6, 6.07) is -1.23. The van der Waals surface area contributed by atoms with Crippen LogP contribution in [0.5, 0.6) is 0 Å². The number of esters is 1. The predicted octanol–water partition coefficient (Wildman–Crippen LogP) is 1.53. The van der Waals surface area contributed by atoms with Gasteiger partial charge in [-0.05, 0) is 24.8 Å². The Hall–Kier alpha value is -0.750. The quantitative estimate of drug-likeness (QED) is 0.321. The van der Waals surface area contributed by atoms with Gasteiger partial charge in [-0.25, -0.2) is 14.3 Å². The van der Waals surface area contributed by atoms with Crippen molar-refractivity contribution in [3.05, 3.63) is 0 Å². The van der Waals surface area contributed by atoms with E-state index >= 15 is 0 Å². The first-order chi connectivity index (χ1) is 7.65. The van der Waals surface area contributed by atoms with E-state index < -0.39 is 18.0 Å². The molecule has 1 aliphatic heterocycles. The maximum atomic E-state index is 11.3. The van der Waals surface area contributed by atoms with Gasteiger partial charge in [0.1, 0.15) is 0 Å². The van der Waals surface area contributed by atoms with E-state index in [1.807, 2.05) is 0 Å². The molecule has 16 heavy (non-hydrogen) atoms. The number of rotatable bonds is 6. The number of cyclic esters (lactones) is 1. The van der Waals surface area contributed by atoms with Gasteiger partial charge in [-0.1, -0.05) is 26.2 Å². The van der Waals surface area contributed by atoms with Crippen molar-refractivity contribution in [2.24, 2.45) is 0 Å². The zero-order chi connectivity index (χ0) is 12.0. The first-order valence-electron chi connectivity index (χ1n) is 5.49. The lowest BCUT2D eigenvalue weighted by Gasteiger charge is -2.26. The lowest BCUT2D eigenvalue weighted by atomic mass is 10.2. The lowest BCUT2D eigenvalue weighted by molar-refractivity contribution is -0.156. The third-order valence-corrected chi connectivity index (χ3v) is 3.31. The summed E-state index contributed by atoms with van der Waals surface area (Å²) in [4.78, 5) is 21.9. The first kappa shape index (κ1) is 13.3. The number of carboxylic acids is 1. The third-order valence-electron chi connectivity index (χ3n) is 2.34. The molecule has 1 saturated heterocycles. The zero-order valence-corrected chi connectivity index (χ0v) is 10.1. The minimum atomic E-state index is -1.23. The molecule has 1 rings (SSSR count). The molecule has 0 spiro atoms. The Morgan fingerprint density at radius 1 is 1.50 bits per heavy atom. The molecule has 0 aromatic carbocycles. The second-order valence-corrected chi connectivity index (χ2v) is 4.72. The van der Waals surface area contributed by atoms with E-state index in [4.69, 9.17) is 9.84 Å².